The van der Waals surface area contributed by atoms with Crippen molar-refractivity contribution >= 4 is 55.0 Å². The van der Waals surface area contributed by atoms with Crippen molar-refractivity contribution in [1.29, 1.82) is 0 Å². The number of non-ortho nitro benzene ring substituents is 1. The van der Waals surface area contributed by atoms with Crippen LogP contribution >= 0.6 is 27.3 Å². The zero-order valence-electron chi connectivity index (χ0n) is 17.1. The molecule has 1 unspecified atom stereocenters. The van der Waals surface area contributed by atoms with Gasteiger partial charge in [0.25, 0.3) is 11.6 Å². The first-order valence-electron chi connectivity index (χ1n) is 10.1. The molecule has 9 nitrogen and oxygen atoms in total. The van der Waals surface area contributed by atoms with Crippen molar-refractivity contribution < 1.29 is 14.1 Å². The monoisotopic (exact) mass is 526 g/mol. The quantitative estimate of drug-likeness (QED) is 0.264. The Bertz CT molecular complexity index is 1480. The van der Waals surface area contributed by atoms with Crippen LogP contribution in [0, 0.1) is 10.1 Å². The van der Waals surface area contributed by atoms with Gasteiger partial charge in [-0.25, -0.2) is 0 Å². The Labute approximate surface area is 199 Å². The van der Waals surface area contributed by atoms with E-state index >= 15 is 0 Å². The van der Waals surface area contributed by atoms with Gasteiger partial charge in [0.15, 0.2) is 5.43 Å². The molecule has 0 radical (unpaired) electrons. The van der Waals surface area contributed by atoms with Crippen LogP contribution in [0.15, 0.2) is 56.1 Å². The highest BCUT2D eigenvalue weighted by Gasteiger charge is 2.45. The molecule has 2 aromatic heterocycles. The summed E-state index contributed by atoms with van der Waals surface area (Å²) in [7, 11) is 0. The summed E-state index contributed by atoms with van der Waals surface area (Å²) in [6.45, 7) is 2.02. The van der Waals surface area contributed by atoms with Crippen molar-refractivity contribution in [3.63, 3.8) is 0 Å². The lowest BCUT2D eigenvalue weighted by Crippen LogP contribution is -2.29. The fraction of sp³-hybridized carbons (Fsp3) is 0.182. The number of anilines is 1. The van der Waals surface area contributed by atoms with E-state index in [1.165, 1.54) is 40.5 Å². The third-order valence-electron chi connectivity index (χ3n) is 5.38. The molecule has 0 N–H and O–H groups in total. The molecule has 0 spiro atoms. The fourth-order valence-corrected chi connectivity index (χ4v) is 5.22. The summed E-state index contributed by atoms with van der Waals surface area (Å²) in [5.41, 5.74) is 0.562. The number of amides is 1. The first-order chi connectivity index (χ1) is 15.9. The Morgan fingerprint density at radius 1 is 1.18 bits per heavy atom. The number of aromatic nitrogens is 2. The molecule has 2 aromatic carbocycles. The van der Waals surface area contributed by atoms with Crippen LogP contribution in [0.3, 0.4) is 0 Å². The first-order valence-corrected chi connectivity index (χ1v) is 11.7. The van der Waals surface area contributed by atoms with Gasteiger partial charge in [-0.15, -0.1) is 10.2 Å². The lowest BCUT2D eigenvalue weighted by Gasteiger charge is -2.21. The normalized spacial score (nSPS) is 15.3. The van der Waals surface area contributed by atoms with Gasteiger partial charge in [-0.05, 0) is 42.3 Å². The number of nitrogens with zero attached hydrogens (tertiary/aromatic N) is 4. The number of benzene rings is 2. The van der Waals surface area contributed by atoms with Crippen LogP contribution in [-0.4, -0.2) is 21.0 Å². The molecule has 1 aliphatic rings. The molecule has 0 bridgehead atoms. The average molecular weight is 527 g/mol. The number of nitro groups is 1. The highest BCUT2D eigenvalue weighted by molar-refractivity contribution is 9.10. The van der Waals surface area contributed by atoms with Crippen molar-refractivity contribution in [3.05, 3.63) is 89.2 Å². The zero-order chi connectivity index (χ0) is 23.3. The lowest BCUT2D eigenvalue weighted by atomic mass is 9.98. The third-order valence-corrected chi connectivity index (χ3v) is 6.85. The summed E-state index contributed by atoms with van der Waals surface area (Å²) in [6, 6.07) is 9.91. The van der Waals surface area contributed by atoms with Gasteiger partial charge in [0.2, 0.25) is 10.9 Å². The highest BCUT2D eigenvalue weighted by atomic mass is 79.9. The Hall–Kier alpha value is -3.44. The maximum Gasteiger partial charge on any atom is 0.297 e. The number of aryl methyl sites for hydroxylation is 1. The van der Waals surface area contributed by atoms with E-state index in [1.54, 1.807) is 18.2 Å². The van der Waals surface area contributed by atoms with Gasteiger partial charge in [0.05, 0.1) is 21.9 Å². The van der Waals surface area contributed by atoms with Crippen LogP contribution in [0.5, 0.6) is 0 Å². The lowest BCUT2D eigenvalue weighted by molar-refractivity contribution is -0.384. The fourth-order valence-electron chi connectivity index (χ4n) is 3.89. The van der Waals surface area contributed by atoms with Gasteiger partial charge in [0, 0.05) is 23.0 Å². The summed E-state index contributed by atoms with van der Waals surface area (Å²) in [5.74, 6) is -0.570. The van der Waals surface area contributed by atoms with Crippen LogP contribution in [0.25, 0.3) is 11.0 Å². The number of carbonyl (C=O) groups excluding carboxylic acids is 1. The molecule has 1 aliphatic heterocycles. The molecule has 1 amide bonds. The van der Waals surface area contributed by atoms with Gasteiger partial charge in [-0.2, -0.15) is 0 Å². The maximum atomic E-state index is 13.6. The summed E-state index contributed by atoms with van der Waals surface area (Å²) in [4.78, 5) is 39.1. The van der Waals surface area contributed by atoms with E-state index in [9.17, 15) is 19.7 Å². The molecule has 0 saturated heterocycles. The topological polar surface area (TPSA) is 119 Å². The van der Waals surface area contributed by atoms with Gasteiger partial charge < -0.3 is 4.42 Å². The van der Waals surface area contributed by atoms with E-state index in [0.29, 0.717) is 32.6 Å². The minimum Gasteiger partial charge on any atom is -0.450 e. The van der Waals surface area contributed by atoms with Gasteiger partial charge >= 0.3 is 0 Å². The van der Waals surface area contributed by atoms with Crippen LogP contribution in [0.4, 0.5) is 10.8 Å². The number of nitro benzene ring substituents is 1. The standard InChI is InChI=1S/C22H15BrN4O5S/c1-2-3-16-24-25-22(33-16)26-18(11-4-7-13(8-5-11)27(30)31)17-19(28)14-10-12(23)6-9-15(14)32-20(17)21(26)29/h4-10,18H,2-3H2,1H3. The Morgan fingerprint density at radius 2 is 1.94 bits per heavy atom. The van der Waals surface area contributed by atoms with Crippen molar-refractivity contribution in [2.24, 2.45) is 0 Å². The van der Waals surface area contributed by atoms with Gasteiger partial charge in [-0.3, -0.25) is 24.6 Å². The molecule has 5 rings (SSSR count). The first kappa shape index (κ1) is 21.4. The molecule has 0 aliphatic carbocycles. The van der Waals surface area contributed by atoms with E-state index in [4.69, 9.17) is 4.42 Å². The Morgan fingerprint density at radius 3 is 2.64 bits per heavy atom. The molecule has 0 fully saturated rings. The summed E-state index contributed by atoms with van der Waals surface area (Å²) >= 11 is 4.64. The van der Waals surface area contributed by atoms with E-state index < -0.39 is 16.9 Å². The molecular formula is C22H15BrN4O5S. The van der Waals surface area contributed by atoms with E-state index in [0.717, 1.165) is 11.4 Å². The molecule has 33 heavy (non-hydrogen) atoms. The predicted molar refractivity (Wildman–Crippen MR) is 126 cm³/mol. The van der Waals surface area contributed by atoms with Crippen molar-refractivity contribution in [3.8, 4) is 0 Å². The number of rotatable bonds is 5. The number of hydrogen-bond donors (Lipinski definition) is 0. The van der Waals surface area contributed by atoms with E-state index in [-0.39, 0.29) is 22.4 Å². The Kier molecular flexibility index (Phi) is 5.29. The van der Waals surface area contributed by atoms with Crippen LogP contribution in [-0.2, 0) is 6.42 Å². The zero-order valence-corrected chi connectivity index (χ0v) is 19.6. The maximum absolute atomic E-state index is 13.6. The second kappa shape index (κ2) is 8.16. The smallest absolute Gasteiger partial charge is 0.297 e. The Balaban J connectivity index is 1.75. The second-order valence-corrected chi connectivity index (χ2v) is 9.43. The van der Waals surface area contributed by atoms with Crippen molar-refractivity contribution in [1.82, 2.24) is 10.2 Å². The summed E-state index contributed by atoms with van der Waals surface area (Å²) in [6.07, 6.45) is 1.58. The molecule has 1 atom stereocenters. The SMILES string of the molecule is CCCc1nnc(N2C(=O)c3oc4ccc(Br)cc4c(=O)c3C2c2ccc([N+](=O)[O-])cc2)s1. The average Bonchev–Trinajstić information content (AvgIpc) is 3.37. The molecule has 3 heterocycles. The van der Waals surface area contributed by atoms with Crippen molar-refractivity contribution in [2.45, 2.75) is 25.8 Å². The largest absolute Gasteiger partial charge is 0.450 e. The molecule has 4 aromatic rings. The minimum atomic E-state index is -0.852. The van der Waals surface area contributed by atoms with Crippen LogP contribution in [0.2, 0.25) is 0 Å². The number of hydrogen-bond acceptors (Lipinski definition) is 8. The van der Waals surface area contributed by atoms with Gasteiger partial charge in [-0.1, -0.05) is 34.2 Å². The van der Waals surface area contributed by atoms with Gasteiger partial charge in [0.1, 0.15) is 10.6 Å². The van der Waals surface area contributed by atoms with E-state index in [1.807, 2.05) is 6.92 Å². The molecular weight excluding hydrogens is 512 g/mol. The third kappa shape index (κ3) is 3.53. The molecule has 166 valence electrons. The summed E-state index contributed by atoms with van der Waals surface area (Å²) < 4.78 is 6.61. The number of halogens is 1. The van der Waals surface area contributed by atoms with Crippen LogP contribution in [0.1, 0.15) is 46.1 Å². The molecule has 0 saturated carbocycles. The molecule has 11 heteroatoms. The van der Waals surface area contributed by atoms with Crippen LogP contribution < -0.4 is 10.3 Å². The van der Waals surface area contributed by atoms with Crippen molar-refractivity contribution in [2.75, 3.05) is 4.90 Å². The number of carbonyl (C=O) groups is 1. The predicted octanol–water partition coefficient (Wildman–Crippen LogP) is 5.02. The second-order valence-electron chi connectivity index (χ2n) is 7.47. The highest BCUT2D eigenvalue weighted by Crippen LogP contribution is 2.42. The van der Waals surface area contributed by atoms with E-state index in [2.05, 4.69) is 26.1 Å². The number of fused-ring (bicyclic) bond motifs is 2. The minimum absolute atomic E-state index is 0.0644. The summed E-state index contributed by atoms with van der Waals surface area (Å²) in [5, 5.41) is 20.9.